The molecule has 5 N–H and O–H groups in total. The smallest absolute Gasteiger partial charge is 0.416 e. The summed E-state index contributed by atoms with van der Waals surface area (Å²) in [6.45, 7) is -0.559. The first-order valence-electron chi connectivity index (χ1n) is 6.33. The zero-order valence-corrected chi connectivity index (χ0v) is 12.6. The first kappa shape index (κ1) is 19.4. The molecule has 23 heavy (non-hydrogen) atoms. The number of carbonyl (C=O) groups is 1. The molecule has 1 aromatic rings. The Morgan fingerprint density at radius 3 is 2.17 bits per heavy atom. The minimum absolute atomic E-state index is 0.188. The number of halogens is 3. The lowest BCUT2D eigenvalue weighted by atomic mass is 10.1. The van der Waals surface area contributed by atoms with Crippen LogP contribution in [0.25, 0.3) is 0 Å². The van der Waals surface area contributed by atoms with E-state index in [1.165, 1.54) is 0 Å². The number of benzene rings is 1. The van der Waals surface area contributed by atoms with Crippen LogP contribution in [-0.4, -0.2) is 36.4 Å². The second kappa shape index (κ2) is 7.25. The Kier molecular flexibility index (Phi) is 6.11. The van der Waals surface area contributed by atoms with Crippen LogP contribution < -0.4 is 10.9 Å². The number of hydrogen-bond donors (Lipinski definition) is 3. The van der Waals surface area contributed by atoms with Gasteiger partial charge in [0.15, 0.2) is 0 Å². The van der Waals surface area contributed by atoms with E-state index in [1.54, 1.807) is 0 Å². The highest BCUT2D eigenvalue weighted by molar-refractivity contribution is 7.86. The molecule has 0 fully saturated rings. The molecular weight excluding hydrogens is 339 g/mol. The summed E-state index contributed by atoms with van der Waals surface area (Å²) in [6.07, 6.45) is -4.68. The number of aliphatic carboxylic acids is 1. The van der Waals surface area contributed by atoms with Gasteiger partial charge in [-0.15, -0.1) is 0 Å². The number of nitrogens with two attached hydrogens (primary N) is 2. The minimum Gasteiger partial charge on any atom is -0.480 e. The number of hydrogen-bond acceptors (Lipinski definition) is 4. The average Bonchev–Trinajstić information content (AvgIpc) is 2.41. The number of rotatable bonds is 7. The summed E-state index contributed by atoms with van der Waals surface area (Å²) in [5.74, 6) is -1.30. The lowest BCUT2D eigenvalue weighted by molar-refractivity contribution is -0.139. The highest BCUT2D eigenvalue weighted by Gasteiger charge is 2.30. The molecule has 0 aliphatic heterocycles. The van der Waals surface area contributed by atoms with Crippen LogP contribution in [0.1, 0.15) is 17.5 Å². The van der Waals surface area contributed by atoms with Gasteiger partial charge in [-0.2, -0.15) is 25.9 Å². The molecule has 0 aromatic heterocycles. The lowest BCUT2D eigenvalue weighted by Gasteiger charge is -2.20. The molecule has 11 heteroatoms. The third-order valence-electron chi connectivity index (χ3n) is 3.01. The molecule has 0 heterocycles. The van der Waals surface area contributed by atoms with Crippen molar-refractivity contribution in [3.63, 3.8) is 0 Å². The molecule has 0 aliphatic carbocycles. The van der Waals surface area contributed by atoms with Crippen LogP contribution in [0, 0.1) is 0 Å². The van der Waals surface area contributed by atoms with Crippen molar-refractivity contribution in [3.05, 3.63) is 35.4 Å². The second-order valence-corrected chi connectivity index (χ2v) is 6.35. The molecule has 0 unspecified atom stereocenters. The zero-order chi connectivity index (χ0) is 17.8. The van der Waals surface area contributed by atoms with Crippen molar-refractivity contribution in [1.29, 1.82) is 0 Å². The Bertz CT molecular complexity index is 647. The summed E-state index contributed by atoms with van der Waals surface area (Å²) in [6, 6.07) is 2.61. The van der Waals surface area contributed by atoms with Crippen molar-refractivity contribution in [2.24, 2.45) is 10.9 Å². The molecule has 1 atom stereocenters. The Balaban J connectivity index is 2.84. The standard InChI is InChI=1S/C12H16F3N3O4S/c13-12(14,15)9-3-1-8(2-4-9)7-18(23(17,21)22)6-5-10(16)11(19)20/h1-4,10H,5-7,16H2,(H,19,20)(H2,17,21,22)/t10-/m0/s1. The third kappa shape index (κ3) is 6.14. The van der Waals surface area contributed by atoms with Crippen LogP contribution in [0.3, 0.4) is 0 Å². The molecule has 0 saturated heterocycles. The van der Waals surface area contributed by atoms with Crippen molar-refractivity contribution in [1.82, 2.24) is 4.31 Å². The molecule has 1 rings (SSSR count). The molecule has 130 valence electrons. The molecule has 1 aromatic carbocycles. The minimum atomic E-state index is -4.49. The van der Waals surface area contributed by atoms with Crippen molar-refractivity contribution in [2.75, 3.05) is 6.54 Å². The summed E-state index contributed by atoms with van der Waals surface area (Å²) < 4.78 is 61.1. The topological polar surface area (TPSA) is 127 Å². The van der Waals surface area contributed by atoms with E-state index < -0.39 is 34.0 Å². The fraction of sp³-hybridized carbons (Fsp3) is 0.417. The fourth-order valence-electron chi connectivity index (χ4n) is 1.71. The van der Waals surface area contributed by atoms with Gasteiger partial charge < -0.3 is 10.8 Å². The van der Waals surface area contributed by atoms with E-state index in [9.17, 15) is 26.4 Å². The third-order valence-corrected chi connectivity index (χ3v) is 4.04. The van der Waals surface area contributed by atoms with Gasteiger partial charge in [0.2, 0.25) is 0 Å². The van der Waals surface area contributed by atoms with Gasteiger partial charge in [0.05, 0.1) is 5.56 Å². The molecule has 0 bridgehead atoms. The van der Waals surface area contributed by atoms with Crippen LogP contribution in [0.5, 0.6) is 0 Å². The van der Waals surface area contributed by atoms with Gasteiger partial charge in [0.1, 0.15) is 6.04 Å². The summed E-state index contributed by atoms with van der Waals surface area (Å²) in [4.78, 5) is 10.6. The molecule has 7 nitrogen and oxygen atoms in total. The van der Waals surface area contributed by atoms with Crippen LogP contribution in [-0.2, 0) is 27.7 Å². The van der Waals surface area contributed by atoms with Gasteiger partial charge >= 0.3 is 12.1 Å². The van der Waals surface area contributed by atoms with Crippen molar-refractivity contribution in [2.45, 2.75) is 25.2 Å². The molecule has 0 amide bonds. The summed E-state index contributed by atoms with van der Waals surface area (Å²) >= 11 is 0. The van der Waals surface area contributed by atoms with Gasteiger partial charge in [0.25, 0.3) is 10.2 Å². The van der Waals surface area contributed by atoms with E-state index in [0.29, 0.717) is 0 Å². The first-order chi connectivity index (χ1) is 10.4. The highest BCUT2D eigenvalue weighted by atomic mass is 32.2. The van der Waals surface area contributed by atoms with Crippen LogP contribution >= 0.6 is 0 Å². The second-order valence-electron chi connectivity index (χ2n) is 4.81. The van der Waals surface area contributed by atoms with Crippen molar-refractivity contribution < 1.29 is 31.5 Å². The Hall–Kier alpha value is -1.69. The predicted molar refractivity (Wildman–Crippen MR) is 75.2 cm³/mol. The SMILES string of the molecule is N[C@@H](CCN(Cc1ccc(C(F)(F)F)cc1)S(N)(=O)=O)C(=O)O. The van der Waals surface area contributed by atoms with Gasteiger partial charge in [-0.3, -0.25) is 4.79 Å². The maximum atomic E-state index is 12.5. The summed E-state index contributed by atoms with van der Waals surface area (Å²) in [7, 11) is -4.16. The Labute approximate surface area is 130 Å². The maximum absolute atomic E-state index is 12.5. The monoisotopic (exact) mass is 355 g/mol. The summed E-state index contributed by atoms with van der Waals surface area (Å²) in [5.41, 5.74) is 4.69. The number of alkyl halides is 3. The van der Waals surface area contributed by atoms with Crippen molar-refractivity contribution >= 4 is 16.2 Å². The van der Waals surface area contributed by atoms with E-state index in [-0.39, 0.29) is 25.1 Å². The molecule has 0 radical (unpaired) electrons. The van der Waals surface area contributed by atoms with Gasteiger partial charge in [-0.05, 0) is 24.1 Å². The van der Waals surface area contributed by atoms with Gasteiger partial charge in [0, 0.05) is 13.1 Å². The molecular formula is C12H16F3N3O4S. The maximum Gasteiger partial charge on any atom is 0.416 e. The van der Waals surface area contributed by atoms with Gasteiger partial charge in [-0.1, -0.05) is 12.1 Å². The number of nitrogens with zero attached hydrogens (tertiary/aromatic N) is 1. The van der Waals surface area contributed by atoms with Gasteiger partial charge in [-0.25, -0.2) is 5.14 Å². The van der Waals surface area contributed by atoms with E-state index in [2.05, 4.69) is 0 Å². The van der Waals surface area contributed by atoms with Crippen molar-refractivity contribution in [3.8, 4) is 0 Å². The average molecular weight is 355 g/mol. The van der Waals surface area contributed by atoms with E-state index in [4.69, 9.17) is 16.0 Å². The normalized spacial score (nSPS) is 14.0. The number of carboxylic acid groups (broad SMARTS) is 1. The van der Waals surface area contributed by atoms with E-state index in [0.717, 1.165) is 28.6 Å². The summed E-state index contributed by atoms with van der Waals surface area (Å²) in [5, 5.41) is 13.7. The zero-order valence-electron chi connectivity index (χ0n) is 11.8. The Morgan fingerprint density at radius 2 is 1.78 bits per heavy atom. The number of carboxylic acids is 1. The molecule has 0 saturated carbocycles. The quantitative estimate of drug-likeness (QED) is 0.657. The van der Waals surface area contributed by atoms with Crippen LogP contribution in [0.2, 0.25) is 0 Å². The lowest BCUT2D eigenvalue weighted by Crippen LogP contribution is -2.40. The largest absolute Gasteiger partial charge is 0.480 e. The molecule has 0 spiro atoms. The highest BCUT2D eigenvalue weighted by Crippen LogP contribution is 2.29. The molecule has 0 aliphatic rings. The van der Waals surface area contributed by atoms with Crippen LogP contribution in [0.4, 0.5) is 13.2 Å². The van der Waals surface area contributed by atoms with E-state index in [1.807, 2.05) is 0 Å². The predicted octanol–water partition coefficient (Wildman–Crippen LogP) is 0.513. The first-order valence-corrected chi connectivity index (χ1v) is 7.84. The fourth-order valence-corrected chi connectivity index (χ4v) is 2.39. The Morgan fingerprint density at radius 1 is 1.26 bits per heavy atom. The van der Waals surface area contributed by atoms with Crippen LogP contribution in [0.15, 0.2) is 24.3 Å². The van der Waals surface area contributed by atoms with E-state index >= 15 is 0 Å².